The molecular weight excluding hydrogens is 202 g/mol. The van der Waals surface area contributed by atoms with Gasteiger partial charge in [0.15, 0.2) is 0 Å². The molecule has 0 aromatic rings. The van der Waals surface area contributed by atoms with Gasteiger partial charge in [-0.25, -0.2) is 0 Å². The van der Waals surface area contributed by atoms with E-state index in [-0.39, 0.29) is 24.0 Å². The van der Waals surface area contributed by atoms with E-state index >= 15 is 0 Å². The van der Waals surface area contributed by atoms with Gasteiger partial charge in [-0.1, -0.05) is 6.92 Å². The number of carbonyl (C=O) groups is 1. The molecule has 0 aromatic heterocycles. The van der Waals surface area contributed by atoms with Gasteiger partial charge >= 0.3 is 0 Å². The van der Waals surface area contributed by atoms with Crippen molar-refractivity contribution >= 4 is 17.5 Å². The van der Waals surface area contributed by atoms with E-state index in [9.17, 15) is 9.90 Å². The zero-order chi connectivity index (χ0) is 10.6. The summed E-state index contributed by atoms with van der Waals surface area (Å²) in [6, 6.07) is 0.136. The third-order valence-electron chi connectivity index (χ3n) is 2.67. The van der Waals surface area contributed by atoms with Gasteiger partial charge in [0.25, 0.3) is 0 Å². The average Bonchev–Trinajstić information content (AvgIpc) is 2.16. The van der Waals surface area contributed by atoms with Gasteiger partial charge < -0.3 is 10.4 Å². The highest BCUT2D eigenvalue weighted by atomic mass is 35.5. The van der Waals surface area contributed by atoms with Crippen LogP contribution < -0.4 is 5.32 Å². The Hall–Kier alpha value is -0.280. The first-order chi connectivity index (χ1) is 6.63. The van der Waals surface area contributed by atoms with Crippen molar-refractivity contribution < 1.29 is 9.90 Å². The molecule has 3 nitrogen and oxygen atoms in total. The smallest absolute Gasteiger partial charge is 0.224 e. The van der Waals surface area contributed by atoms with Crippen LogP contribution in [0, 0.1) is 5.92 Å². The van der Waals surface area contributed by atoms with Gasteiger partial charge in [0.1, 0.15) is 0 Å². The normalized spacial score (nSPS) is 29.6. The van der Waals surface area contributed by atoms with Crippen LogP contribution in [0.2, 0.25) is 0 Å². The number of hydrogen-bond donors (Lipinski definition) is 2. The van der Waals surface area contributed by atoms with Crippen molar-refractivity contribution in [3.05, 3.63) is 0 Å². The molecule has 1 aliphatic carbocycles. The van der Waals surface area contributed by atoms with Gasteiger partial charge in [0.05, 0.1) is 6.10 Å². The monoisotopic (exact) mass is 219 g/mol. The minimum atomic E-state index is -0.250. The standard InChI is InChI=1S/C10H18ClNO2/c1-7(6-11)10(14)12-8-3-2-4-9(13)5-8/h7-9,13H,2-6H2,1H3,(H,12,14). The fraction of sp³-hybridized carbons (Fsp3) is 0.900. The molecule has 1 fully saturated rings. The van der Waals surface area contributed by atoms with Crippen LogP contribution in [0.15, 0.2) is 0 Å². The van der Waals surface area contributed by atoms with Gasteiger partial charge in [0.2, 0.25) is 5.91 Å². The average molecular weight is 220 g/mol. The fourth-order valence-electron chi connectivity index (χ4n) is 1.71. The number of aliphatic hydroxyl groups excluding tert-OH is 1. The lowest BCUT2D eigenvalue weighted by Gasteiger charge is -2.27. The molecule has 1 saturated carbocycles. The number of hydrogen-bond acceptors (Lipinski definition) is 2. The molecule has 0 radical (unpaired) electrons. The van der Waals surface area contributed by atoms with Crippen LogP contribution in [0.1, 0.15) is 32.6 Å². The third kappa shape index (κ3) is 3.46. The van der Waals surface area contributed by atoms with Gasteiger partial charge in [0, 0.05) is 17.8 Å². The maximum atomic E-state index is 11.5. The molecule has 0 heterocycles. The summed E-state index contributed by atoms with van der Waals surface area (Å²) in [5.41, 5.74) is 0. The largest absolute Gasteiger partial charge is 0.393 e. The van der Waals surface area contributed by atoms with E-state index in [0.29, 0.717) is 12.3 Å². The van der Waals surface area contributed by atoms with Crippen molar-refractivity contribution in [3.63, 3.8) is 0 Å². The fourth-order valence-corrected chi connectivity index (χ4v) is 1.85. The molecule has 82 valence electrons. The first-order valence-electron chi connectivity index (χ1n) is 5.18. The maximum Gasteiger partial charge on any atom is 0.224 e. The second kappa shape index (κ2) is 5.56. The predicted molar refractivity (Wildman–Crippen MR) is 56.3 cm³/mol. The molecule has 0 saturated heterocycles. The SMILES string of the molecule is CC(CCl)C(=O)NC1CCCC(O)C1. The lowest BCUT2D eigenvalue weighted by molar-refractivity contribution is -0.125. The van der Waals surface area contributed by atoms with Crippen LogP contribution in [0.25, 0.3) is 0 Å². The Morgan fingerprint density at radius 1 is 1.64 bits per heavy atom. The number of nitrogens with one attached hydrogen (secondary N) is 1. The zero-order valence-electron chi connectivity index (χ0n) is 8.50. The summed E-state index contributed by atoms with van der Waals surface area (Å²) in [7, 11) is 0. The lowest BCUT2D eigenvalue weighted by atomic mass is 9.92. The molecular formula is C10H18ClNO2. The summed E-state index contributed by atoms with van der Waals surface area (Å²) in [5.74, 6) is 0.205. The maximum absolute atomic E-state index is 11.5. The van der Waals surface area contributed by atoms with E-state index in [1.807, 2.05) is 6.92 Å². The van der Waals surface area contributed by atoms with Gasteiger partial charge in [-0.05, 0) is 25.7 Å². The quantitative estimate of drug-likeness (QED) is 0.703. The number of rotatable bonds is 3. The molecule has 1 aliphatic rings. The Labute approximate surface area is 89.8 Å². The Bertz CT molecular complexity index is 199. The molecule has 0 bridgehead atoms. The van der Waals surface area contributed by atoms with Crippen LogP contribution >= 0.6 is 11.6 Å². The second-order valence-corrected chi connectivity index (χ2v) is 4.39. The van der Waals surface area contributed by atoms with E-state index < -0.39 is 0 Å². The molecule has 14 heavy (non-hydrogen) atoms. The molecule has 3 unspecified atom stereocenters. The second-order valence-electron chi connectivity index (χ2n) is 4.08. The van der Waals surface area contributed by atoms with E-state index in [1.54, 1.807) is 0 Å². The van der Waals surface area contributed by atoms with Crippen molar-refractivity contribution in [1.82, 2.24) is 5.32 Å². The van der Waals surface area contributed by atoms with Crippen molar-refractivity contribution in [2.24, 2.45) is 5.92 Å². The zero-order valence-corrected chi connectivity index (χ0v) is 9.26. The minimum Gasteiger partial charge on any atom is -0.393 e. The van der Waals surface area contributed by atoms with Gasteiger partial charge in [-0.3, -0.25) is 4.79 Å². The first-order valence-corrected chi connectivity index (χ1v) is 5.71. The summed E-state index contributed by atoms with van der Waals surface area (Å²) < 4.78 is 0. The molecule has 0 spiro atoms. The molecule has 0 aromatic carbocycles. The highest BCUT2D eigenvalue weighted by Crippen LogP contribution is 2.18. The molecule has 2 N–H and O–H groups in total. The van der Waals surface area contributed by atoms with Crippen LogP contribution in [0.3, 0.4) is 0 Å². The summed E-state index contributed by atoms with van der Waals surface area (Å²) in [6.45, 7) is 1.81. The molecule has 1 rings (SSSR count). The van der Waals surface area contributed by atoms with Crippen LogP contribution in [0.5, 0.6) is 0 Å². The molecule has 4 heteroatoms. The van der Waals surface area contributed by atoms with Crippen LogP contribution in [-0.4, -0.2) is 29.0 Å². The molecule has 0 aliphatic heterocycles. The van der Waals surface area contributed by atoms with E-state index in [0.717, 1.165) is 19.3 Å². The van der Waals surface area contributed by atoms with Gasteiger partial charge in [-0.15, -0.1) is 11.6 Å². The lowest BCUT2D eigenvalue weighted by Crippen LogP contribution is -2.42. The number of carbonyl (C=O) groups excluding carboxylic acids is 1. The van der Waals surface area contributed by atoms with Crippen LogP contribution in [-0.2, 0) is 4.79 Å². The van der Waals surface area contributed by atoms with E-state index in [1.165, 1.54) is 0 Å². The molecule has 3 atom stereocenters. The summed E-state index contributed by atoms with van der Waals surface area (Å²) >= 11 is 5.58. The first kappa shape index (κ1) is 11.8. The highest BCUT2D eigenvalue weighted by molar-refractivity contribution is 6.19. The van der Waals surface area contributed by atoms with Crippen molar-refractivity contribution in [3.8, 4) is 0 Å². The van der Waals surface area contributed by atoms with Crippen molar-refractivity contribution in [1.29, 1.82) is 0 Å². The Balaban J connectivity index is 2.32. The Morgan fingerprint density at radius 2 is 2.36 bits per heavy atom. The van der Waals surface area contributed by atoms with Crippen molar-refractivity contribution in [2.75, 3.05) is 5.88 Å². The Morgan fingerprint density at radius 3 is 2.93 bits per heavy atom. The number of halogens is 1. The Kier molecular flexibility index (Phi) is 4.69. The van der Waals surface area contributed by atoms with E-state index in [2.05, 4.69) is 5.32 Å². The highest BCUT2D eigenvalue weighted by Gasteiger charge is 2.23. The summed E-state index contributed by atoms with van der Waals surface area (Å²) in [6.07, 6.45) is 3.25. The topological polar surface area (TPSA) is 49.3 Å². The number of amides is 1. The predicted octanol–water partition coefficient (Wildman–Crippen LogP) is 1.28. The van der Waals surface area contributed by atoms with Gasteiger partial charge in [-0.2, -0.15) is 0 Å². The van der Waals surface area contributed by atoms with Crippen molar-refractivity contribution in [2.45, 2.75) is 44.8 Å². The summed E-state index contributed by atoms with van der Waals surface area (Å²) in [5, 5.41) is 12.3. The van der Waals surface area contributed by atoms with E-state index in [4.69, 9.17) is 11.6 Å². The number of aliphatic hydroxyl groups is 1. The summed E-state index contributed by atoms with van der Waals surface area (Å²) in [4.78, 5) is 11.5. The minimum absolute atomic E-state index is 0.000833. The molecule has 1 amide bonds. The number of alkyl halides is 1. The third-order valence-corrected chi connectivity index (χ3v) is 3.13. The van der Waals surface area contributed by atoms with Crippen LogP contribution in [0.4, 0.5) is 0 Å².